The van der Waals surface area contributed by atoms with Crippen LogP contribution < -0.4 is 27.0 Å². The van der Waals surface area contributed by atoms with Crippen LogP contribution in [0.2, 0.25) is 0 Å². The molecule has 3 aromatic rings. The number of carbonyl (C=O) groups is 6. The maximum Gasteiger partial charge on any atom is 0.490 e. The number of nitrogens with two attached hydrogens (primary N) is 1. The highest BCUT2D eigenvalue weighted by Crippen LogP contribution is 2.34. The molecule has 19 heteroatoms. The first-order chi connectivity index (χ1) is 27.5. The van der Waals surface area contributed by atoms with Crippen molar-refractivity contribution in [3.8, 4) is 5.75 Å². The molecule has 0 unspecified atom stereocenters. The highest BCUT2D eigenvalue weighted by Gasteiger charge is 2.41. The summed E-state index contributed by atoms with van der Waals surface area (Å²) in [6, 6.07) is 18.5. The lowest BCUT2D eigenvalue weighted by Gasteiger charge is -2.34. The number of amides is 4. The second kappa shape index (κ2) is 21.1. The van der Waals surface area contributed by atoms with Crippen molar-refractivity contribution in [1.82, 2.24) is 21.3 Å². The van der Waals surface area contributed by atoms with Crippen LogP contribution in [-0.4, -0.2) is 97.3 Å². The van der Waals surface area contributed by atoms with E-state index in [1.807, 2.05) is 44.2 Å². The van der Waals surface area contributed by atoms with E-state index in [4.69, 9.17) is 15.6 Å². The largest absolute Gasteiger partial charge is 0.508 e. The van der Waals surface area contributed by atoms with E-state index in [1.54, 1.807) is 50.2 Å². The van der Waals surface area contributed by atoms with Crippen LogP contribution in [0.5, 0.6) is 5.75 Å². The van der Waals surface area contributed by atoms with Gasteiger partial charge in [-0.05, 0) is 68.5 Å². The summed E-state index contributed by atoms with van der Waals surface area (Å²) in [6.45, 7) is 6.64. The van der Waals surface area contributed by atoms with Gasteiger partial charge in [-0.1, -0.05) is 66.7 Å². The van der Waals surface area contributed by atoms with Gasteiger partial charge in [0.05, 0.1) is 12.6 Å². The number of benzene rings is 3. The lowest BCUT2D eigenvalue weighted by atomic mass is 10.00. The zero-order valence-electron chi connectivity index (χ0n) is 32.7. The van der Waals surface area contributed by atoms with Crippen LogP contribution in [0.4, 0.5) is 13.2 Å². The highest BCUT2D eigenvalue weighted by atomic mass is 32.2. The Hall–Kier alpha value is -5.27. The van der Waals surface area contributed by atoms with E-state index >= 15 is 0 Å². The van der Waals surface area contributed by atoms with E-state index in [1.165, 1.54) is 35.7 Å². The van der Waals surface area contributed by atoms with Crippen molar-refractivity contribution < 1.29 is 57.3 Å². The molecule has 4 atom stereocenters. The number of phenolic OH excluding ortho intramolecular Hbond substituents is 1. The van der Waals surface area contributed by atoms with Gasteiger partial charge in [0.1, 0.15) is 23.9 Å². The summed E-state index contributed by atoms with van der Waals surface area (Å²) in [7, 11) is 0. The zero-order valence-corrected chi connectivity index (χ0v) is 34.3. The number of fused-ring (bicyclic) bond motifs is 2. The maximum absolute atomic E-state index is 13.8. The van der Waals surface area contributed by atoms with Gasteiger partial charge in [-0.15, -0.1) is 23.5 Å². The SMILES string of the molecule is CC1(C)SCc2cccc(c2)CSC(C)(C)[C@@H](NC(=O)[C@@H](N)Cc2ccc(O)cc2)C(=O)NCC(=O)N[C@@H](Cc2ccccc2)C(=O)N[C@H]1C(=O)O.O=C(O)C(F)(F)F. The number of carboxylic acid groups (broad SMARTS) is 2. The lowest BCUT2D eigenvalue weighted by molar-refractivity contribution is -0.192. The molecule has 0 fully saturated rings. The summed E-state index contributed by atoms with van der Waals surface area (Å²) in [5, 5.41) is 37.7. The van der Waals surface area contributed by atoms with Crippen molar-refractivity contribution in [3.05, 3.63) is 101 Å². The number of aromatic hydroxyl groups is 1. The van der Waals surface area contributed by atoms with E-state index in [0.717, 1.165) is 22.3 Å². The van der Waals surface area contributed by atoms with Gasteiger partial charge in [-0.2, -0.15) is 13.2 Å². The number of nitrogens with one attached hydrogen (secondary N) is 4. The van der Waals surface area contributed by atoms with Crippen LogP contribution in [0.25, 0.3) is 0 Å². The Kier molecular flexibility index (Phi) is 17.2. The molecule has 1 aliphatic rings. The maximum atomic E-state index is 13.8. The van der Waals surface area contributed by atoms with Gasteiger partial charge in [0.25, 0.3) is 0 Å². The molecule has 2 bridgehead atoms. The summed E-state index contributed by atoms with van der Waals surface area (Å²) < 4.78 is 29.9. The Morgan fingerprint density at radius 3 is 1.93 bits per heavy atom. The first kappa shape index (κ1) is 48.1. The van der Waals surface area contributed by atoms with Crippen molar-refractivity contribution >= 4 is 59.1 Å². The molecule has 1 aliphatic heterocycles. The van der Waals surface area contributed by atoms with Crippen molar-refractivity contribution in [2.45, 2.75) is 91.9 Å². The Morgan fingerprint density at radius 2 is 1.39 bits per heavy atom. The minimum atomic E-state index is -5.08. The molecule has 1 heterocycles. The van der Waals surface area contributed by atoms with Crippen molar-refractivity contribution in [2.24, 2.45) is 5.73 Å². The van der Waals surface area contributed by atoms with Crippen molar-refractivity contribution in [1.29, 1.82) is 0 Å². The average molecular weight is 864 g/mol. The Balaban J connectivity index is 0.00000122. The van der Waals surface area contributed by atoms with E-state index in [0.29, 0.717) is 11.5 Å². The van der Waals surface area contributed by atoms with Gasteiger partial charge in [-0.25, -0.2) is 9.59 Å². The molecule has 0 aliphatic carbocycles. The molecular weight excluding hydrogens is 816 g/mol. The molecule has 9 N–H and O–H groups in total. The summed E-state index contributed by atoms with van der Waals surface area (Å²) in [4.78, 5) is 75.7. The number of aliphatic carboxylic acids is 2. The Morgan fingerprint density at radius 1 is 0.831 bits per heavy atom. The molecule has 0 saturated carbocycles. The zero-order chi connectivity index (χ0) is 44.1. The number of carbonyl (C=O) groups excluding carboxylic acids is 4. The smallest absolute Gasteiger partial charge is 0.490 e. The van der Waals surface area contributed by atoms with Crippen molar-refractivity contribution in [2.75, 3.05) is 6.54 Å². The standard InChI is InChI=1S/C38H47N5O7S2.C2HF3O2/c1-37(2)31(42-33(46)28(39)18-24-13-15-27(44)16-14-24)35(48)40-20-30(45)41-29(19-23-9-6-5-7-10-23)34(47)43-32(36(49)50)38(3,4)52-22-26-12-8-11-25(17-26)21-51-37;3-2(4,5)1(6)7/h5-17,28-29,31-32,44H,18-22,39H2,1-4H3,(H,40,48)(H,41,45)(H,42,46)(H,43,47)(H,49,50);(H,6,7)/t28-,29-,31-,32-;/m0./s1. The lowest BCUT2D eigenvalue weighted by Crippen LogP contribution is -2.61. The number of hydrogen-bond acceptors (Lipinski definition) is 10. The van der Waals surface area contributed by atoms with Crippen molar-refractivity contribution in [3.63, 3.8) is 0 Å². The average Bonchev–Trinajstić information content (AvgIpc) is 3.16. The van der Waals surface area contributed by atoms with Gasteiger partial charge in [0.2, 0.25) is 23.6 Å². The highest BCUT2D eigenvalue weighted by molar-refractivity contribution is 8.00. The molecule has 4 amide bonds. The third-order valence-corrected chi connectivity index (χ3v) is 11.9. The number of thioether (sulfide) groups is 2. The van der Waals surface area contributed by atoms with Gasteiger partial charge in [0, 0.05) is 27.4 Å². The number of phenols is 1. The summed E-state index contributed by atoms with van der Waals surface area (Å²) in [5.74, 6) is -5.52. The molecular formula is C40H48F3N5O9S2. The molecule has 320 valence electrons. The third kappa shape index (κ3) is 15.4. The van der Waals surface area contributed by atoms with Crippen LogP contribution in [0, 0.1) is 0 Å². The van der Waals surface area contributed by atoms with E-state index in [-0.39, 0.29) is 18.6 Å². The Bertz CT molecular complexity index is 1950. The van der Waals surface area contributed by atoms with E-state index in [9.17, 15) is 47.4 Å². The quantitative estimate of drug-likeness (QED) is 0.170. The monoisotopic (exact) mass is 863 g/mol. The van der Waals surface area contributed by atoms with Crippen LogP contribution in [0.15, 0.2) is 78.9 Å². The number of carboxylic acids is 2. The number of rotatable bonds is 7. The predicted octanol–water partition coefficient (Wildman–Crippen LogP) is 3.53. The molecule has 0 aromatic heterocycles. The normalized spacial score (nSPS) is 20.6. The van der Waals surface area contributed by atoms with Crippen LogP contribution in [0.1, 0.15) is 49.9 Å². The molecule has 0 saturated heterocycles. The van der Waals surface area contributed by atoms with Gasteiger partial charge in [-0.3, -0.25) is 19.2 Å². The first-order valence-electron chi connectivity index (χ1n) is 18.1. The van der Waals surface area contributed by atoms with Crippen LogP contribution in [-0.2, 0) is 53.1 Å². The Labute approximate surface area is 347 Å². The summed E-state index contributed by atoms with van der Waals surface area (Å²) in [6.07, 6.45) is -4.86. The minimum Gasteiger partial charge on any atom is -0.508 e. The first-order valence-corrected chi connectivity index (χ1v) is 20.1. The second-order valence-corrected chi connectivity index (χ2v) is 17.9. The summed E-state index contributed by atoms with van der Waals surface area (Å²) in [5.41, 5.74) is 9.62. The van der Waals surface area contributed by atoms with Crippen LogP contribution >= 0.6 is 23.5 Å². The van der Waals surface area contributed by atoms with Gasteiger partial charge >= 0.3 is 18.1 Å². The number of hydrogen-bond donors (Lipinski definition) is 8. The fourth-order valence-corrected chi connectivity index (χ4v) is 7.74. The molecule has 3 aromatic carbocycles. The molecule has 0 radical (unpaired) electrons. The summed E-state index contributed by atoms with van der Waals surface area (Å²) >= 11 is 2.83. The number of halogens is 3. The van der Waals surface area contributed by atoms with E-state index < -0.39 is 81.9 Å². The fraction of sp³-hybridized carbons (Fsp3) is 0.400. The molecule has 59 heavy (non-hydrogen) atoms. The van der Waals surface area contributed by atoms with Gasteiger partial charge in [0.15, 0.2) is 0 Å². The van der Waals surface area contributed by atoms with E-state index in [2.05, 4.69) is 21.3 Å². The van der Waals surface area contributed by atoms with Gasteiger partial charge < -0.3 is 42.3 Å². The molecule has 0 spiro atoms. The predicted molar refractivity (Wildman–Crippen MR) is 217 cm³/mol. The molecule has 14 nitrogen and oxygen atoms in total. The molecule has 4 rings (SSSR count). The minimum absolute atomic E-state index is 0.0698. The van der Waals surface area contributed by atoms with Crippen LogP contribution in [0.3, 0.4) is 0 Å². The topological polar surface area (TPSA) is 237 Å². The third-order valence-electron chi connectivity index (χ3n) is 9.01. The number of alkyl halides is 3. The fourth-order valence-electron chi connectivity index (χ4n) is 5.65. The second-order valence-electron chi connectivity index (χ2n) is 14.6.